The average molecular weight is 267 g/mol. The Labute approximate surface area is 113 Å². The highest BCUT2D eigenvalue weighted by atomic mass is 32.2. The fraction of sp³-hybridized carbons (Fsp3) is 0.500. The molecule has 0 saturated carbocycles. The monoisotopic (exact) mass is 267 g/mol. The molecule has 1 rings (SSSR count). The first-order valence-electron chi connectivity index (χ1n) is 6.05. The summed E-state index contributed by atoms with van der Waals surface area (Å²) in [6.45, 7) is 7.19. The van der Waals surface area contributed by atoms with E-state index in [0.717, 1.165) is 17.9 Å². The Morgan fingerprint density at radius 1 is 1.28 bits per heavy atom. The van der Waals surface area contributed by atoms with Crippen molar-refractivity contribution in [1.29, 1.82) is 0 Å². The lowest BCUT2D eigenvalue weighted by Crippen LogP contribution is -2.28. The van der Waals surface area contributed by atoms with E-state index in [1.807, 2.05) is 12.1 Å². The first kappa shape index (κ1) is 14.9. The van der Waals surface area contributed by atoms with Gasteiger partial charge in [-0.15, -0.1) is 11.8 Å². The van der Waals surface area contributed by atoms with Crippen LogP contribution in [0.5, 0.6) is 5.75 Å². The van der Waals surface area contributed by atoms with Crippen LogP contribution in [0.25, 0.3) is 0 Å². The van der Waals surface area contributed by atoms with E-state index in [4.69, 9.17) is 5.11 Å². The van der Waals surface area contributed by atoms with Crippen LogP contribution >= 0.6 is 11.8 Å². The van der Waals surface area contributed by atoms with Gasteiger partial charge in [-0.3, -0.25) is 4.79 Å². The smallest absolute Gasteiger partial charge is 0.230 e. The molecular weight excluding hydrogens is 246 g/mol. The number of nitrogens with one attached hydrogen (secondary N) is 1. The molecule has 1 aromatic rings. The lowest BCUT2D eigenvalue weighted by atomic mass is 9.92. The first-order chi connectivity index (χ1) is 8.37. The molecule has 0 bridgehead atoms. The molecule has 1 amide bonds. The highest BCUT2D eigenvalue weighted by molar-refractivity contribution is 8.00. The van der Waals surface area contributed by atoms with Gasteiger partial charge >= 0.3 is 0 Å². The van der Waals surface area contributed by atoms with Crippen molar-refractivity contribution >= 4 is 17.7 Å². The molecule has 18 heavy (non-hydrogen) atoms. The lowest BCUT2D eigenvalue weighted by Gasteiger charge is -2.17. The van der Waals surface area contributed by atoms with Crippen LogP contribution in [0.1, 0.15) is 27.2 Å². The molecule has 2 N–H and O–H groups in total. The van der Waals surface area contributed by atoms with E-state index in [0.29, 0.717) is 5.75 Å². The van der Waals surface area contributed by atoms with E-state index in [1.54, 1.807) is 12.1 Å². The summed E-state index contributed by atoms with van der Waals surface area (Å²) in [5.74, 6) is 0.709. The Hall–Kier alpha value is -1.16. The Balaban J connectivity index is 2.23. The summed E-state index contributed by atoms with van der Waals surface area (Å²) >= 11 is 1.47. The summed E-state index contributed by atoms with van der Waals surface area (Å²) in [5, 5.41) is 12.0. The fourth-order valence-electron chi connectivity index (χ4n) is 1.32. The standard InChI is InChI=1S/C14H21NO2S/c1-14(2,3)8-9-15-13(17)10-18-12-6-4-11(16)5-7-12/h4-7,16H,8-10H2,1-3H3,(H,15,17). The van der Waals surface area contributed by atoms with Crippen molar-refractivity contribution in [1.82, 2.24) is 5.32 Å². The number of benzene rings is 1. The van der Waals surface area contributed by atoms with Crippen LogP contribution < -0.4 is 5.32 Å². The summed E-state index contributed by atoms with van der Waals surface area (Å²) in [4.78, 5) is 12.6. The van der Waals surface area contributed by atoms with E-state index in [-0.39, 0.29) is 17.1 Å². The lowest BCUT2D eigenvalue weighted by molar-refractivity contribution is -0.118. The van der Waals surface area contributed by atoms with Gasteiger partial charge in [0.1, 0.15) is 5.75 Å². The minimum Gasteiger partial charge on any atom is -0.508 e. The number of aromatic hydroxyl groups is 1. The van der Waals surface area contributed by atoms with E-state index in [2.05, 4.69) is 26.1 Å². The van der Waals surface area contributed by atoms with E-state index in [1.165, 1.54) is 11.8 Å². The van der Waals surface area contributed by atoms with E-state index >= 15 is 0 Å². The number of carbonyl (C=O) groups is 1. The van der Waals surface area contributed by atoms with Gasteiger partial charge < -0.3 is 10.4 Å². The second-order valence-corrected chi connectivity index (χ2v) is 6.49. The quantitative estimate of drug-likeness (QED) is 0.806. The number of phenols is 1. The SMILES string of the molecule is CC(C)(C)CCNC(=O)CSc1ccc(O)cc1. The number of rotatable bonds is 5. The van der Waals surface area contributed by atoms with Gasteiger partial charge in [0.05, 0.1) is 5.75 Å². The molecule has 100 valence electrons. The normalized spacial score (nSPS) is 11.3. The molecule has 0 radical (unpaired) electrons. The molecule has 0 heterocycles. The summed E-state index contributed by atoms with van der Waals surface area (Å²) in [6, 6.07) is 6.87. The van der Waals surface area contributed by atoms with Crippen LogP contribution in [0.3, 0.4) is 0 Å². The minimum absolute atomic E-state index is 0.0531. The van der Waals surface area contributed by atoms with Gasteiger partial charge in [-0.1, -0.05) is 20.8 Å². The molecule has 0 aliphatic carbocycles. The molecule has 4 heteroatoms. The van der Waals surface area contributed by atoms with Gasteiger partial charge in [0.25, 0.3) is 0 Å². The molecule has 0 atom stereocenters. The Morgan fingerprint density at radius 3 is 2.44 bits per heavy atom. The van der Waals surface area contributed by atoms with E-state index in [9.17, 15) is 4.79 Å². The van der Waals surface area contributed by atoms with Crippen molar-refractivity contribution in [2.75, 3.05) is 12.3 Å². The third kappa shape index (κ3) is 6.55. The van der Waals surface area contributed by atoms with Crippen molar-refractivity contribution in [2.24, 2.45) is 5.41 Å². The molecule has 0 saturated heterocycles. The predicted molar refractivity (Wildman–Crippen MR) is 75.9 cm³/mol. The van der Waals surface area contributed by atoms with Crippen molar-refractivity contribution in [3.05, 3.63) is 24.3 Å². The summed E-state index contributed by atoms with van der Waals surface area (Å²) in [6.07, 6.45) is 0.975. The second kappa shape index (κ2) is 6.69. The Kier molecular flexibility index (Phi) is 5.54. The number of hydrogen-bond donors (Lipinski definition) is 2. The molecule has 1 aromatic carbocycles. The number of phenolic OH excluding ortho intramolecular Hbond substituents is 1. The maximum absolute atomic E-state index is 11.6. The molecular formula is C14H21NO2S. The van der Waals surface area contributed by atoms with Crippen molar-refractivity contribution in [2.45, 2.75) is 32.1 Å². The highest BCUT2D eigenvalue weighted by Gasteiger charge is 2.10. The van der Waals surface area contributed by atoms with Crippen LogP contribution in [0.2, 0.25) is 0 Å². The van der Waals surface area contributed by atoms with Gasteiger partial charge in [0.2, 0.25) is 5.91 Å². The summed E-state index contributed by atoms with van der Waals surface area (Å²) in [5.41, 5.74) is 0.247. The topological polar surface area (TPSA) is 49.3 Å². The summed E-state index contributed by atoms with van der Waals surface area (Å²) < 4.78 is 0. The van der Waals surface area contributed by atoms with Crippen LogP contribution in [0, 0.1) is 5.41 Å². The first-order valence-corrected chi connectivity index (χ1v) is 7.04. The number of thioether (sulfide) groups is 1. The third-order valence-corrected chi connectivity index (χ3v) is 3.42. The second-order valence-electron chi connectivity index (χ2n) is 5.44. The van der Waals surface area contributed by atoms with Crippen molar-refractivity contribution in [3.63, 3.8) is 0 Å². The third-order valence-electron chi connectivity index (χ3n) is 2.40. The maximum Gasteiger partial charge on any atom is 0.230 e. The zero-order valence-electron chi connectivity index (χ0n) is 11.2. The van der Waals surface area contributed by atoms with Gasteiger partial charge in [0, 0.05) is 11.4 Å². The molecule has 0 aliphatic heterocycles. The average Bonchev–Trinajstić information content (AvgIpc) is 2.26. The zero-order valence-corrected chi connectivity index (χ0v) is 12.0. The predicted octanol–water partition coefficient (Wildman–Crippen LogP) is 3.04. The van der Waals surface area contributed by atoms with Gasteiger partial charge in [-0.2, -0.15) is 0 Å². The molecule has 0 unspecified atom stereocenters. The number of carbonyl (C=O) groups excluding carboxylic acids is 1. The van der Waals surface area contributed by atoms with Crippen LogP contribution in [0.4, 0.5) is 0 Å². The molecule has 0 fully saturated rings. The largest absolute Gasteiger partial charge is 0.508 e. The highest BCUT2D eigenvalue weighted by Crippen LogP contribution is 2.20. The van der Waals surface area contributed by atoms with Gasteiger partial charge in [-0.25, -0.2) is 0 Å². The van der Waals surface area contributed by atoms with E-state index < -0.39 is 0 Å². The van der Waals surface area contributed by atoms with Gasteiger partial charge in [0.15, 0.2) is 0 Å². The summed E-state index contributed by atoms with van der Waals surface area (Å²) in [7, 11) is 0. The molecule has 0 aromatic heterocycles. The number of amides is 1. The molecule has 0 spiro atoms. The fourth-order valence-corrected chi connectivity index (χ4v) is 2.05. The molecule has 0 aliphatic rings. The van der Waals surface area contributed by atoms with Crippen LogP contribution in [-0.4, -0.2) is 23.3 Å². The number of hydrogen-bond acceptors (Lipinski definition) is 3. The Bertz CT molecular complexity index is 382. The Morgan fingerprint density at radius 2 is 1.89 bits per heavy atom. The van der Waals surface area contributed by atoms with Crippen LogP contribution in [0.15, 0.2) is 29.2 Å². The zero-order chi connectivity index (χ0) is 13.6. The molecule has 3 nitrogen and oxygen atoms in total. The van der Waals surface area contributed by atoms with Crippen molar-refractivity contribution < 1.29 is 9.90 Å². The minimum atomic E-state index is 0.0531. The maximum atomic E-state index is 11.6. The van der Waals surface area contributed by atoms with Gasteiger partial charge in [-0.05, 0) is 36.1 Å². The van der Waals surface area contributed by atoms with Crippen LogP contribution in [-0.2, 0) is 4.79 Å². The van der Waals surface area contributed by atoms with Crippen molar-refractivity contribution in [3.8, 4) is 5.75 Å².